The first kappa shape index (κ1) is 11.4. The summed E-state index contributed by atoms with van der Waals surface area (Å²) in [5.41, 5.74) is 0.743. The van der Waals surface area contributed by atoms with Crippen molar-refractivity contribution in [2.45, 2.75) is 19.9 Å². The molecule has 14 heavy (non-hydrogen) atoms. The maximum Gasteiger partial charge on any atom is 0.176 e. The lowest BCUT2D eigenvalue weighted by atomic mass is 10.1. The van der Waals surface area contributed by atoms with Crippen molar-refractivity contribution in [2.75, 3.05) is 6.54 Å². The molecule has 0 amide bonds. The van der Waals surface area contributed by atoms with Crippen molar-refractivity contribution >= 4 is 21.7 Å². The molecule has 0 aliphatic carbocycles. The summed E-state index contributed by atoms with van der Waals surface area (Å²) in [5, 5.41) is 3.10. The summed E-state index contributed by atoms with van der Waals surface area (Å²) in [6, 6.07) is 7.78. The maximum absolute atomic E-state index is 11.6. The SMILES string of the molecule is CC(C)NCC(=O)c1cccc(Br)c1. The average Bonchev–Trinajstić information content (AvgIpc) is 2.14. The first-order valence-electron chi connectivity index (χ1n) is 4.61. The van der Waals surface area contributed by atoms with E-state index in [0.29, 0.717) is 12.6 Å². The molecule has 2 nitrogen and oxygen atoms in total. The molecule has 0 saturated heterocycles. The van der Waals surface area contributed by atoms with Gasteiger partial charge in [-0.15, -0.1) is 0 Å². The molecule has 3 heteroatoms. The van der Waals surface area contributed by atoms with E-state index >= 15 is 0 Å². The Morgan fingerprint density at radius 1 is 1.50 bits per heavy atom. The summed E-state index contributed by atoms with van der Waals surface area (Å²) >= 11 is 3.34. The zero-order chi connectivity index (χ0) is 10.6. The number of rotatable bonds is 4. The fourth-order valence-corrected chi connectivity index (χ4v) is 1.46. The first-order valence-corrected chi connectivity index (χ1v) is 5.41. The highest BCUT2D eigenvalue weighted by Gasteiger charge is 2.05. The standard InChI is InChI=1S/C11H14BrNO/c1-8(2)13-7-11(14)9-4-3-5-10(12)6-9/h3-6,8,13H,7H2,1-2H3. The number of halogens is 1. The van der Waals surface area contributed by atoms with Crippen LogP contribution in [0.25, 0.3) is 0 Å². The van der Waals surface area contributed by atoms with Gasteiger partial charge in [0.2, 0.25) is 0 Å². The van der Waals surface area contributed by atoms with Gasteiger partial charge >= 0.3 is 0 Å². The minimum absolute atomic E-state index is 0.125. The highest BCUT2D eigenvalue weighted by molar-refractivity contribution is 9.10. The molecule has 1 rings (SSSR count). The van der Waals surface area contributed by atoms with Crippen molar-refractivity contribution < 1.29 is 4.79 Å². The lowest BCUT2D eigenvalue weighted by Crippen LogP contribution is -2.29. The zero-order valence-electron chi connectivity index (χ0n) is 8.38. The Balaban J connectivity index is 2.61. The maximum atomic E-state index is 11.6. The van der Waals surface area contributed by atoms with E-state index in [-0.39, 0.29) is 5.78 Å². The van der Waals surface area contributed by atoms with Gasteiger partial charge in [0.15, 0.2) is 5.78 Å². The van der Waals surface area contributed by atoms with Crippen LogP contribution < -0.4 is 5.32 Å². The predicted molar refractivity (Wildman–Crippen MR) is 61.6 cm³/mol. The topological polar surface area (TPSA) is 29.1 Å². The highest BCUT2D eigenvalue weighted by Crippen LogP contribution is 2.11. The number of benzene rings is 1. The molecule has 0 bridgehead atoms. The molecule has 0 radical (unpaired) electrons. The molecular weight excluding hydrogens is 242 g/mol. The molecule has 1 aromatic carbocycles. The Morgan fingerprint density at radius 3 is 2.79 bits per heavy atom. The summed E-state index contributed by atoms with van der Waals surface area (Å²) < 4.78 is 0.938. The normalized spacial score (nSPS) is 10.6. The molecule has 0 aliphatic rings. The van der Waals surface area contributed by atoms with E-state index in [1.165, 1.54) is 0 Å². The summed E-state index contributed by atoms with van der Waals surface area (Å²) in [7, 11) is 0. The second-order valence-electron chi connectivity index (χ2n) is 3.47. The van der Waals surface area contributed by atoms with E-state index in [1.807, 2.05) is 38.1 Å². The molecule has 0 aromatic heterocycles. The third-order valence-electron chi connectivity index (χ3n) is 1.82. The Morgan fingerprint density at radius 2 is 2.21 bits per heavy atom. The van der Waals surface area contributed by atoms with Gasteiger partial charge in [-0.1, -0.05) is 41.9 Å². The van der Waals surface area contributed by atoms with E-state index < -0.39 is 0 Å². The van der Waals surface area contributed by atoms with Gasteiger partial charge in [-0.25, -0.2) is 0 Å². The summed E-state index contributed by atoms with van der Waals surface area (Å²) in [4.78, 5) is 11.6. The molecule has 0 spiro atoms. The van der Waals surface area contributed by atoms with Crippen molar-refractivity contribution in [3.05, 3.63) is 34.3 Å². The number of carbonyl (C=O) groups excluding carboxylic acids is 1. The molecule has 1 N–H and O–H groups in total. The molecule has 0 unspecified atom stereocenters. The largest absolute Gasteiger partial charge is 0.307 e. The van der Waals surface area contributed by atoms with Gasteiger partial charge in [0.1, 0.15) is 0 Å². The number of hydrogen-bond acceptors (Lipinski definition) is 2. The van der Waals surface area contributed by atoms with Crippen molar-refractivity contribution in [3.8, 4) is 0 Å². The molecule has 76 valence electrons. The third-order valence-corrected chi connectivity index (χ3v) is 2.31. The van der Waals surface area contributed by atoms with Gasteiger partial charge in [0.25, 0.3) is 0 Å². The van der Waals surface area contributed by atoms with Crippen molar-refractivity contribution in [3.63, 3.8) is 0 Å². The zero-order valence-corrected chi connectivity index (χ0v) is 9.97. The summed E-state index contributed by atoms with van der Waals surface area (Å²) in [5.74, 6) is 0.125. The van der Waals surface area contributed by atoms with E-state index in [2.05, 4.69) is 21.2 Å². The molecule has 0 heterocycles. The lowest BCUT2D eigenvalue weighted by molar-refractivity contribution is 0.0988. The predicted octanol–water partition coefficient (Wildman–Crippen LogP) is 2.63. The van der Waals surface area contributed by atoms with Gasteiger partial charge in [0.05, 0.1) is 6.54 Å². The second kappa shape index (κ2) is 5.27. The van der Waals surface area contributed by atoms with Crippen LogP contribution in [0.3, 0.4) is 0 Å². The molecule has 0 atom stereocenters. The first-order chi connectivity index (χ1) is 6.59. The smallest absolute Gasteiger partial charge is 0.176 e. The fraction of sp³-hybridized carbons (Fsp3) is 0.364. The number of Topliss-reactive ketones (excluding diaryl/α,β-unsaturated/α-hetero) is 1. The van der Waals surface area contributed by atoms with E-state index in [0.717, 1.165) is 10.0 Å². The van der Waals surface area contributed by atoms with E-state index in [4.69, 9.17) is 0 Å². The summed E-state index contributed by atoms with van der Waals surface area (Å²) in [6.07, 6.45) is 0. The molecular formula is C11H14BrNO. The van der Waals surface area contributed by atoms with Gasteiger partial charge in [-0.3, -0.25) is 4.79 Å². The number of hydrogen-bond donors (Lipinski definition) is 1. The quantitative estimate of drug-likeness (QED) is 0.839. The van der Waals surface area contributed by atoms with Crippen molar-refractivity contribution in [1.29, 1.82) is 0 Å². The lowest BCUT2D eigenvalue weighted by Gasteiger charge is -2.06. The summed E-state index contributed by atoms with van der Waals surface area (Å²) in [6.45, 7) is 4.44. The van der Waals surface area contributed by atoms with Crippen LogP contribution in [-0.2, 0) is 0 Å². The van der Waals surface area contributed by atoms with Crippen LogP contribution in [0.15, 0.2) is 28.7 Å². The second-order valence-corrected chi connectivity index (χ2v) is 4.38. The van der Waals surface area contributed by atoms with Crippen molar-refractivity contribution in [1.82, 2.24) is 5.32 Å². The monoisotopic (exact) mass is 255 g/mol. The number of ketones is 1. The van der Waals surface area contributed by atoms with Crippen LogP contribution in [0.1, 0.15) is 24.2 Å². The molecule has 1 aromatic rings. The fourth-order valence-electron chi connectivity index (χ4n) is 1.06. The number of carbonyl (C=O) groups is 1. The van der Waals surface area contributed by atoms with Gasteiger partial charge in [-0.2, -0.15) is 0 Å². The van der Waals surface area contributed by atoms with Crippen LogP contribution in [-0.4, -0.2) is 18.4 Å². The highest BCUT2D eigenvalue weighted by atomic mass is 79.9. The average molecular weight is 256 g/mol. The van der Waals surface area contributed by atoms with Crippen LogP contribution in [0.5, 0.6) is 0 Å². The van der Waals surface area contributed by atoms with Gasteiger partial charge in [-0.05, 0) is 12.1 Å². The molecule has 0 saturated carbocycles. The Kier molecular flexibility index (Phi) is 4.29. The van der Waals surface area contributed by atoms with Crippen LogP contribution >= 0.6 is 15.9 Å². The molecule has 0 fully saturated rings. The minimum Gasteiger partial charge on any atom is -0.307 e. The van der Waals surface area contributed by atoms with Crippen LogP contribution in [0.2, 0.25) is 0 Å². The van der Waals surface area contributed by atoms with Crippen molar-refractivity contribution in [2.24, 2.45) is 0 Å². The van der Waals surface area contributed by atoms with Crippen LogP contribution in [0, 0.1) is 0 Å². The Hall–Kier alpha value is -0.670. The van der Waals surface area contributed by atoms with Gasteiger partial charge < -0.3 is 5.32 Å². The van der Waals surface area contributed by atoms with Crippen LogP contribution in [0.4, 0.5) is 0 Å². The van der Waals surface area contributed by atoms with E-state index in [9.17, 15) is 4.79 Å². The van der Waals surface area contributed by atoms with Gasteiger partial charge in [0, 0.05) is 16.1 Å². The molecule has 0 aliphatic heterocycles. The third kappa shape index (κ3) is 3.60. The Labute approximate surface area is 92.8 Å². The van der Waals surface area contributed by atoms with E-state index in [1.54, 1.807) is 0 Å². The Bertz CT molecular complexity index is 323. The number of nitrogens with one attached hydrogen (secondary N) is 1. The minimum atomic E-state index is 0.125.